The van der Waals surface area contributed by atoms with Crippen molar-refractivity contribution in [2.75, 3.05) is 13.2 Å². The Labute approximate surface area is 487 Å². The number of carbonyl (C=O) groups is 1. The van der Waals surface area contributed by atoms with E-state index in [1.54, 1.807) is 6.08 Å². The summed E-state index contributed by atoms with van der Waals surface area (Å²) in [5.41, 5.74) is 0. The number of carbonyl (C=O) groups excluding carboxylic acids is 1. The molecule has 1 heterocycles. The van der Waals surface area contributed by atoms with Crippen molar-refractivity contribution < 1.29 is 51.8 Å². The van der Waals surface area contributed by atoms with Gasteiger partial charge in [0.1, 0.15) is 24.4 Å². The summed E-state index contributed by atoms with van der Waals surface area (Å²) in [6.07, 6.45) is 61.4. The highest BCUT2D eigenvalue weighted by Gasteiger charge is 2.48. The van der Waals surface area contributed by atoms with Crippen LogP contribution in [0.25, 0.3) is 0 Å². The zero-order chi connectivity index (χ0) is 57.5. The molecule has 79 heavy (non-hydrogen) atoms. The van der Waals surface area contributed by atoms with E-state index < -0.39 is 59.9 Å². The van der Waals surface area contributed by atoms with Crippen molar-refractivity contribution in [3.63, 3.8) is 0 Å². The van der Waals surface area contributed by atoms with E-state index in [9.17, 15) is 38.2 Å². The Kier molecular flexibility index (Phi) is 53.8. The maximum Gasteiger partial charge on any atom is 0.397 e. The van der Waals surface area contributed by atoms with Crippen LogP contribution in [0.4, 0.5) is 0 Å². The van der Waals surface area contributed by atoms with Gasteiger partial charge >= 0.3 is 10.4 Å². The summed E-state index contributed by atoms with van der Waals surface area (Å²) in [4.78, 5) is 13.2. The molecule has 0 saturated carbocycles. The lowest BCUT2D eigenvalue weighted by Gasteiger charge is -2.41. The number of allylic oxidation sites excluding steroid dienone is 1. The Morgan fingerprint density at radius 2 is 0.797 bits per heavy atom. The quantitative estimate of drug-likeness (QED) is 0.0193. The van der Waals surface area contributed by atoms with Gasteiger partial charge in [0.15, 0.2) is 6.29 Å². The van der Waals surface area contributed by atoms with Gasteiger partial charge in [-0.25, -0.2) is 4.18 Å². The number of aliphatic hydroxyl groups excluding tert-OH is 4. The fourth-order valence-corrected chi connectivity index (χ4v) is 11.9. The van der Waals surface area contributed by atoms with Gasteiger partial charge in [-0.2, -0.15) is 8.42 Å². The fourth-order valence-electron chi connectivity index (χ4n) is 11.3. The van der Waals surface area contributed by atoms with Crippen molar-refractivity contribution in [2.45, 2.75) is 391 Å². The molecule has 0 aromatic heterocycles. The average Bonchev–Trinajstić information content (AvgIpc) is 3.44. The summed E-state index contributed by atoms with van der Waals surface area (Å²) in [5, 5.41) is 45.2. The zero-order valence-electron chi connectivity index (χ0n) is 51.5. The molecule has 0 bridgehead atoms. The Morgan fingerprint density at radius 1 is 0.494 bits per heavy atom. The highest BCUT2D eigenvalue weighted by atomic mass is 32.3. The minimum atomic E-state index is -5.09. The summed E-state index contributed by atoms with van der Waals surface area (Å²) < 4.78 is 48.0. The maximum atomic E-state index is 13.2. The Balaban J connectivity index is 2.27. The Morgan fingerprint density at radius 3 is 1.10 bits per heavy atom. The van der Waals surface area contributed by atoms with Gasteiger partial charge in [-0.3, -0.25) is 9.35 Å². The monoisotopic (exact) mass is 1140 g/mol. The number of hydrogen-bond donors (Lipinski definition) is 6. The van der Waals surface area contributed by atoms with E-state index in [0.29, 0.717) is 6.42 Å². The second kappa shape index (κ2) is 56.0. The second-order valence-corrected chi connectivity index (χ2v) is 25.2. The molecule has 7 atom stereocenters. The van der Waals surface area contributed by atoms with Crippen LogP contribution in [0.5, 0.6) is 0 Å². The van der Waals surface area contributed by atoms with E-state index in [-0.39, 0.29) is 18.9 Å². The minimum Gasteiger partial charge on any atom is -0.394 e. The number of ether oxygens (including phenoxy) is 2. The third-order valence-corrected chi connectivity index (χ3v) is 17.0. The standard InChI is InChI=1S/C66H129NO11S/c1-3-5-7-9-11-13-15-17-19-21-23-25-27-29-30-31-32-34-36-38-40-42-44-46-48-50-52-54-56-62(70)67-59(58-76-66-64(72)65(78-79(73,74)75)63(71)61(57-68)77-66)60(69)55-53-51-49-47-45-43-41-39-37-35-33-28-26-24-22-20-18-16-14-12-10-8-6-4-2/h53,55,59-61,63-66,68-69,71-72H,3-52,54,56-58H2,1-2H3,(H,67,70)(H,73,74,75)/b55-53+. The first kappa shape index (κ1) is 75.9. The number of unbranched alkanes of at least 4 members (excludes halogenated alkanes) is 49. The molecular weight excluding hydrogens is 1010 g/mol. The summed E-state index contributed by atoms with van der Waals surface area (Å²) in [7, 11) is -5.09. The molecule has 0 spiro atoms. The molecule has 0 radical (unpaired) electrons. The number of nitrogens with one attached hydrogen (secondary N) is 1. The van der Waals surface area contributed by atoms with Gasteiger partial charge in [-0.05, 0) is 19.3 Å². The summed E-state index contributed by atoms with van der Waals surface area (Å²) in [6, 6.07) is -0.941. The van der Waals surface area contributed by atoms with E-state index in [1.807, 2.05) is 6.08 Å². The largest absolute Gasteiger partial charge is 0.397 e. The van der Waals surface area contributed by atoms with Gasteiger partial charge < -0.3 is 35.2 Å². The summed E-state index contributed by atoms with van der Waals surface area (Å²) >= 11 is 0. The zero-order valence-corrected chi connectivity index (χ0v) is 52.3. The lowest BCUT2D eigenvalue weighted by molar-refractivity contribution is -0.298. The number of hydrogen-bond acceptors (Lipinski definition) is 10. The predicted molar refractivity (Wildman–Crippen MR) is 329 cm³/mol. The van der Waals surface area contributed by atoms with Crippen LogP contribution in [0.15, 0.2) is 12.2 Å². The molecule has 1 fully saturated rings. The molecule has 1 rings (SSSR count). The normalized spacial score (nSPS) is 18.7. The third kappa shape index (κ3) is 47.8. The van der Waals surface area contributed by atoms with Crippen LogP contribution in [0, 0.1) is 0 Å². The van der Waals surface area contributed by atoms with Crippen molar-refractivity contribution >= 4 is 16.3 Å². The van der Waals surface area contributed by atoms with Crippen LogP contribution in [0.1, 0.15) is 348 Å². The average molecular weight is 1140 g/mol. The minimum absolute atomic E-state index is 0.253. The van der Waals surface area contributed by atoms with Crippen molar-refractivity contribution in [3.8, 4) is 0 Å². The fraction of sp³-hybridized carbons (Fsp3) is 0.955. The van der Waals surface area contributed by atoms with Gasteiger partial charge in [0, 0.05) is 6.42 Å². The number of rotatable bonds is 61. The van der Waals surface area contributed by atoms with Crippen molar-refractivity contribution in [2.24, 2.45) is 0 Å². The molecule has 1 aliphatic heterocycles. The summed E-state index contributed by atoms with van der Waals surface area (Å²) in [5.74, 6) is -0.253. The smallest absolute Gasteiger partial charge is 0.394 e. The SMILES string of the molecule is CCCCCCCCCCCCCCCCCCCCCCCC/C=C/C(O)C(COC1OC(CO)C(O)C(OS(=O)(=O)O)C1O)NC(=O)CCCCCCCCCCCCCCCCCCCCCCCCCCCCCC. The molecule has 6 N–H and O–H groups in total. The maximum absolute atomic E-state index is 13.2. The third-order valence-electron chi connectivity index (χ3n) is 16.6. The second-order valence-electron chi connectivity index (χ2n) is 24.1. The van der Waals surface area contributed by atoms with E-state index in [1.165, 1.54) is 283 Å². The van der Waals surface area contributed by atoms with Crippen LogP contribution in [0.2, 0.25) is 0 Å². The first-order valence-corrected chi connectivity index (χ1v) is 35.4. The topological polar surface area (TPSA) is 192 Å². The first-order chi connectivity index (χ1) is 38.5. The Bertz CT molecular complexity index is 1440. The lowest BCUT2D eigenvalue weighted by atomic mass is 9.99. The van der Waals surface area contributed by atoms with E-state index >= 15 is 0 Å². The van der Waals surface area contributed by atoms with Crippen LogP contribution in [0.3, 0.4) is 0 Å². The predicted octanol–water partition coefficient (Wildman–Crippen LogP) is 17.4. The van der Waals surface area contributed by atoms with Gasteiger partial charge in [-0.1, -0.05) is 334 Å². The van der Waals surface area contributed by atoms with Gasteiger partial charge in [0.2, 0.25) is 5.91 Å². The summed E-state index contributed by atoms with van der Waals surface area (Å²) in [6.45, 7) is 3.47. The molecule has 0 aliphatic carbocycles. The van der Waals surface area contributed by atoms with Crippen LogP contribution in [-0.2, 0) is 28.9 Å². The van der Waals surface area contributed by atoms with Gasteiger partial charge in [-0.15, -0.1) is 0 Å². The lowest BCUT2D eigenvalue weighted by Crippen LogP contribution is -2.61. The molecule has 470 valence electrons. The van der Waals surface area contributed by atoms with E-state index in [2.05, 4.69) is 23.3 Å². The molecule has 0 aromatic rings. The van der Waals surface area contributed by atoms with E-state index in [4.69, 9.17) is 9.47 Å². The van der Waals surface area contributed by atoms with Gasteiger partial charge in [0.25, 0.3) is 0 Å². The van der Waals surface area contributed by atoms with Crippen molar-refractivity contribution in [1.82, 2.24) is 5.32 Å². The van der Waals surface area contributed by atoms with Crippen molar-refractivity contribution in [3.05, 3.63) is 12.2 Å². The highest BCUT2D eigenvalue weighted by Crippen LogP contribution is 2.26. The molecule has 0 aromatic carbocycles. The Hall–Kier alpha value is -1.16. The van der Waals surface area contributed by atoms with Crippen LogP contribution < -0.4 is 5.32 Å². The van der Waals surface area contributed by atoms with Crippen molar-refractivity contribution in [1.29, 1.82) is 0 Å². The van der Waals surface area contributed by atoms with E-state index in [0.717, 1.165) is 38.5 Å². The molecule has 7 unspecified atom stereocenters. The van der Waals surface area contributed by atoms with Gasteiger partial charge in [0.05, 0.1) is 25.4 Å². The highest BCUT2D eigenvalue weighted by molar-refractivity contribution is 7.80. The number of amides is 1. The number of aliphatic hydroxyl groups is 4. The molecule has 13 heteroatoms. The molecule has 1 aliphatic rings. The molecule has 1 saturated heterocycles. The molecular formula is C66H129NO11S. The first-order valence-electron chi connectivity index (χ1n) is 34.1. The van der Waals surface area contributed by atoms with Crippen LogP contribution >= 0.6 is 0 Å². The van der Waals surface area contributed by atoms with Crippen LogP contribution in [-0.4, -0.2) is 95.4 Å². The molecule has 12 nitrogen and oxygen atoms in total. The molecule has 1 amide bonds.